The number of benzene rings is 3. The maximum absolute atomic E-state index is 13.3. The van der Waals surface area contributed by atoms with Crippen LogP contribution in [0.5, 0.6) is 5.75 Å². The van der Waals surface area contributed by atoms with Crippen LogP contribution < -0.4 is 4.74 Å². The molecule has 7 heteroatoms. The minimum absolute atomic E-state index is 0.0299. The second-order valence-corrected chi connectivity index (χ2v) is 9.53. The van der Waals surface area contributed by atoms with Crippen LogP contribution in [0.2, 0.25) is 5.02 Å². The highest BCUT2D eigenvalue weighted by Crippen LogP contribution is 2.41. The Labute approximate surface area is 225 Å². The van der Waals surface area contributed by atoms with E-state index in [0.29, 0.717) is 34.1 Å². The molecule has 0 bridgehead atoms. The minimum atomic E-state index is -0.791. The number of likely N-dealkylation sites (tertiary alicyclic amines) is 1. The second-order valence-electron chi connectivity index (χ2n) is 9.09. The number of nitrogens with zero attached hydrogens (tertiary/aromatic N) is 2. The van der Waals surface area contributed by atoms with Gasteiger partial charge in [0.1, 0.15) is 18.1 Å². The van der Waals surface area contributed by atoms with Crippen molar-refractivity contribution in [3.63, 3.8) is 0 Å². The van der Waals surface area contributed by atoms with Crippen molar-refractivity contribution >= 4 is 29.1 Å². The molecule has 2 heterocycles. The lowest BCUT2D eigenvalue weighted by Gasteiger charge is -2.25. The van der Waals surface area contributed by atoms with E-state index >= 15 is 0 Å². The standard InChI is InChI=1S/C31H25ClN2O4/c1-20-16-25(38-19-21-6-3-2-4-7-21)13-14-26(20)29(35)27-28(23-9-11-24(32)12-10-23)34(31(37)30(27)36)18-22-8-5-15-33-17-22/h2-17,28,35H,18-19H2,1H3/b29-27+/t28-/m0/s1. The number of amides is 1. The van der Waals surface area contributed by atoms with Crippen LogP contribution in [0.3, 0.4) is 0 Å². The number of rotatable bonds is 7. The van der Waals surface area contributed by atoms with Crippen molar-refractivity contribution in [3.05, 3.63) is 136 Å². The van der Waals surface area contributed by atoms with Crippen molar-refractivity contribution in [2.24, 2.45) is 0 Å². The van der Waals surface area contributed by atoms with Gasteiger partial charge in [-0.3, -0.25) is 14.6 Å². The predicted molar refractivity (Wildman–Crippen MR) is 145 cm³/mol. The zero-order valence-electron chi connectivity index (χ0n) is 20.7. The SMILES string of the molecule is Cc1cc(OCc2ccccc2)ccc1/C(O)=C1\C(=O)C(=O)N(Cc2cccnc2)[C@H]1c1ccc(Cl)cc1. The average molecular weight is 525 g/mol. The molecule has 1 N–H and O–H groups in total. The number of carbonyl (C=O) groups is 2. The normalized spacial score (nSPS) is 16.6. The van der Waals surface area contributed by atoms with Crippen molar-refractivity contribution in [1.82, 2.24) is 9.88 Å². The van der Waals surface area contributed by atoms with Gasteiger partial charge in [-0.25, -0.2) is 0 Å². The van der Waals surface area contributed by atoms with Gasteiger partial charge in [-0.2, -0.15) is 0 Å². The molecular formula is C31H25ClN2O4. The van der Waals surface area contributed by atoms with Crippen LogP contribution in [-0.2, 0) is 22.7 Å². The average Bonchev–Trinajstić information content (AvgIpc) is 3.18. The molecule has 1 amide bonds. The summed E-state index contributed by atoms with van der Waals surface area (Å²) in [5, 5.41) is 12.0. The third-order valence-electron chi connectivity index (χ3n) is 6.50. The Morgan fingerprint density at radius 2 is 1.71 bits per heavy atom. The Bertz CT molecular complexity index is 1500. The van der Waals surface area contributed by atoms with Crippen LogP contribution >= 0.6 is 11.6 Å². The molecular weight excluding hydrogens is 500 g/mol. The summed E-state index contributed by atoms with van der Waals surface area (Å²) in [4.78, 5) is 32.1. The van der Waals surface area contributed by atoms with Crippen LogP contribution in [0.25, 0.3) is 5.76 Å². The molecule has 1 aromatic heterocycles. The van der Waals surface area contributed by atoms with Crippen LogP contribution in [0, 0.1) is 6.92 Å². The Hall–Kier alpha value is -4.42. The van der Waals surface area contributed by atoms with Gasteiger partial charge in [-0.1, -0.05) is 60.1 Å². The highest BCUT2D eigenvalue weighted by molar-refractivity contribution is 6.46. The highest BCUT2D eigenvalue weighted by Gasteiger charge is 2.46. The highest BCUT2D eigenvalue weighted by atomic mass is 35.5. The van der Waals surface area contributed by atoms with Crippen LogP contribution in [0.4, 0.5) is 0 Å². The molecule has 6 nitrogen and oxygen atoms in total. The lowest BCUT2D eigenvalue weighted by molar-refractivity contribution is -0.140. The molecule has 1 saturated heterocycles. The summed E-state index contributed by atoms with van der Waals surface area (Å²) in [6.07, 6.45) is 3.29. The molecule has 3 aromatic carbocycles. The predicted octanol–water partition coefficient (Wildman–Crippen LogP) is 6.24. The van der Waals surface area contributed by atoms with Gasteiger partial charge in [0.2, 0.25) is 0 Å². The summed E-state index contributed by atoms with van der Waals surface area (Å²) < 4.78 is 5.91. The van der Waals surface area contributed by atoms with Crippen molar-refractivity contribution < 1.29 is 19.4 Å². The number of aliphatic hydroxyl groups is 1. The van der Waals surface area contributed by atoms with Crippen LogP contribution in [-0.4, -0.2) is 26.7 Å². The van der Waals surface area contributed by atoms with E-state index < -0.39 is 17.7 Å². The van der Waals surface area contributed by atoms with E-state index in [2.05, 4.69) is 4.98 Å². The van der Waals surface area contributed by atoms with E-state index in [1.54, 1.807) is 60.9 Å². The first-order chi connectivity index (χ1) is 18.4. The summed E-state index contributed by atoms with van der Waals surface area (Å²) in [7, 11) is 0. The van der Waals surface area contributed by atoms with E-state index in [-0.39, 0.29) is 17.9 Å². The van der Waals surface area contributed by atoms with Gasteiger partial charge in [-0.05, 0) is 65.6 Å². The summed E-state index contributed by atoms with van der Waals surface area (Å²) in [5.41, 5.74) is 3.66. The lowest BCUT2D eigenvalue weighted by atomic mass is 9.94. The molecule has 1 atom stereocenters. The number of hydrogen-bond acceptors (Lipinski definition) is 5. The number of halogens is 1. The Balaban J connectivity index is 1.52. The van der Waals surface area contributed by atoms with E-state index in [9.17, 15) is 14.7 Å². The number of pyridine rings is 1. The zero-order chi connectivity index (χ0) is 26.6. The van der Waals surface area contributed by atoms with Gasteiger partial charge in [0.05, 0.1) is 11.6 Å². The third kappa shape index (κ3) is 5.17. The Morgan fingerprint density at radius 3 is 2.39 bits per heavy atom. The molecule has 1 aliphatic rings. The molecule has 1 fully saturated rings. The molecule has 0 unspecified atom stereocenters. The van der Waals surface area contributed by atoms with Crippen molar-refractivity contribution in [3.8, 4) is 5.75 Å². The fourth-order valence-corrected chi connectivity index (χ4v) is 4.73. The van der Waals surface area contributed by atoms with Crippen molar-refractivity contribution in [1.29, 1.82) is 0 Å². The summed E-state index contributed by atoms with van der Waals surface area (Å²) in [5.74, 6) is -1.02. The number of ketones is 1. The number of hydrogen-bond donors (Lipinski definition) is 1. The smallest absolute Gasteiger partial charge is 0.295 e. The molecule has 0 radical (unpaired) electrons. The Kier molecular flexibility index (Phi) is 7.24. The van der Waals surface area contributed by atoms with Crippen LogP contribution in [0.1, 0.15) is 33.9 Å². The van der Waals surface area contributed by atoms with Crippen LogP contribution in [0.15, 0.2) is 103 Å². The quantitative estimate of drug-likeness (QED) is 0.176. The number of aliphatic hydroxyl groups excluding tert-OH is 1. The number of aryl methyl sites for hydroxylation is 1. The first-order valence-corrected chi connectivity index (χ1v) is 12.5. The maximum atomic E-state index is 13.3. The molecule has 0 aliphatic carbocycles. The molecule has 38 heavy (non-hydrogen) atoms. The minimum Gasteiger partial charge on any atom is -0.507 e. The topological polar surface area (TPSA) is 79.7 Å². The lowest BCUT2D eigenvalue weighted by Crippen LogP contribution is -2.29. The number of aromatic nitrogens is 1. The van der Waals surface area contributed by atoms with Gasteiger partial charge >= 0.3 is 0 Å². The van der Waals surface area contributed by atoms with E-state index in [1.165, 1.54) is 4.90 Å². The van der Waals surface area contributed by atoms with Crippen molar-refractivity contribution in [2.75, 3.05) is 0 Å². The van der Waals surface area contributed by atoms with Gasteiger partial charge in [0, 0.05) is 29.5 Å². The zero-order valence-corrected chi connectivity index (χ0v) is 21.4. The summed E-state index contributed by atoms with van der Waals surface area (Å²) >= 11 is 6.11. The van der Waals surface area contributed by atoms with Gasteiger partial charge in [-0.15, -0.1) is 0 Å². The summed E-state index contributed by atoms with van der Waals surface area (Å²) in [6, 6.07) is 24.8. The first-order valence-electron chi connectivity index (χ1n) is 12.1. The fourth-order valence-electron chi connectivity index (χ4n) is 4.60. The second kappa shape index (κ2) is 10.9. The largest absolute Gasteiger partial charge is 0.507 e. The monoisotopic (exact) mass is 524 g/mol. The molecule has 5 rings (SSSR count). The van der Waals surface area contributed by atoms with Gasteiger partial charge < -0.3 is 14.7 Å². The Morgan fingerprint density at radius 1 is 0.974 bits per heavy atom. The number of carbonyl (C=O) groups excluding carboxylic acids is 2. The van der Waals surface area contributed by atoms with Gasteiger partial charge in [0.25, 0.3) is 11.7 Å². The first kappa shape index (κ1) is 25.2. The fraction of sp³-hybridized carbons (Fsp3) is 0.129. The maximum Gasteiger partial charge on any atom is 0.295 e. The third-order valence-corrected chi connectivity index (χ3v) is 6.75. The number of ether oxygens (including phenoxy) is 1. The van der Waals surface area contributed by atoms with E-state index in [4.69, 9.17) is 16.3 Å². The molecule has 190 valence electrons. The number of Topliss-reactive ketones (excluding diaryl/α,β-unsaturated/α-hetero) is 1. The van der Waals surface area contributed by atoms with E-state index in [0.717, 1.165) is 11.1 Å². The molecule has 0 spiro atoms. The van der Waals surface area contributed by atoms with Crippen molar-refractivity contribution in [2.45, 2.75) is 26.1 Å². The summed E-state index contributed by atoms with van der Waals surface area (Å²) in [6.45, 7) is 2.39. The van der Waals surface area contributed by atoms with E-state index in [1.807, 2.05) is 43.3 Å². The molecule has 4 aromatic rings. The van der Waals surface area contributed by atoms with Gasteiger partial charge in [0.15, 0.2) is 0 Å². The molecule has 0 saturated carbocycles. The molecule has 1 aliphatic heterocycles.